The van der Waals surface area contributed by atoms with Crippen LogP contribution >= 0.6 is 27.3 Å². The Kier molecular flexibility index (Phi) is 3.60. The van der Waals surface area contributed by atoms with Gasteiger partial charge in [-0.25, -0.2) is 12.8 Å². The van der Waals surface area contributed by atoms with Crippen LogP contribution in [0.25, 0.3) is 0 Å². The lowest BCUT2D eigenvalue weighted by molar-refractivity contribution is 0.603. The first-order chi connectivity index (χ1) is 8.38. The molecule has 8 heteroatoms. The molecule has 0 fully saturated rings. The van der Waals surface area contributed by atoms with Crippen molar-refractivity contribution < 1.29 is 12.8 Å². The average Bonchev–Trinajstić information content (AvgIpc) is 2.71. The van der Waals surface area contributed by atoms with Crippen LogP contribution in [0.2, 0.25) is 0 Å². The summed E-state index contributed by atoms with van der Waals surface area (Å²) < 4.78 is 39.8. The number of thiophene rings is 1. The summed E-state index contributed by atoms with van der Waals surface area (Å²) >= 11 is 4.15. The highest BCUT2D eigenvalue weighted by Gasteiger charge is 2.18. The Morgan fingerprint density at radius 2 is 2.06 bits per heavy atom. The van der Waals surface area contributed by atoms with E-state index >= 15 is 0 Å². The van der Waals surface area contributed by atoms with Crippen molar-refractivity contribution >= 4 is 48.7 Å². The molecule has 2 aromatic rings. The first-order valence-electron chi connectivity index (χ1n) is 4.70. The van der Waals surface area contributed by atoms with Crippen LogP contribution in [0.3, 0.4) is 0 Å². The summed E-state index contributed by atoms with van der Waals surface area (Å²) in [4.78, 5) is 0. The zero-order valence-electron chi connectivity index (χ0n) is 8.85. The first-order valence-corrected chi connectivity index (χ1v) is 7.86. The van der Waals surface area contributed by atoms with Crippen molar-refractivity contribution in [1.82, 2.24) is 0 Å². The van der Waals surface area contributed by atoms with E-state index in [9.17, 15) is 12.8 Å². The smallest absolute Gasteiger partial charge is 0.271 e. The predicted molar refractivity (Wildman–Crippen MR) is 73.6 cm³/mol. The Morgan fingerprint density at radius 1 is 1.33 bits per heavy atom. The molecule has 1 aromatic carbocycles. The molecule has 0 saturated heterocycles. The van der Waals surface area contributed by atoms with Gasteiger partial charge >= 0.3 is 0 Å². The van der Waals surface area contributed by atoms with E-state index in [4.69, 9.17) is 5.73 Å². The van der Waals surface area contributed by atoms with E-state index in [1.165, 1.54) is 23.6 Å². The molecule has 2 rings (SSSR count). The number of hydrogen-bond donors (Lipinski definition) is 2. The summed E-state index contributed by atoms with van der Waals surface area (Å²) in [6, 6.07) is 5.10. The van der Waals surface area contributed by atoms with Crippen LogP contribution in [0, 0.1) is 5.82 Å². The van der Waals surface area contributed by atoms with Gasteiger partial charge in [0.05, 0.1) is 5.69 Å². The molecule has 0 aliphatic heterocycles. The van der Waals surface area contributed by atoms with E-state index in [0.717, 1.165) is 17.4 Å². The van der Waals surface area contributed by atoms with Crippen LogP contribution in [0.1, 0.15) is 0 Å². The zero-order valence-corrected chi connectivity index (χ0v) is 12.1. The van der Waals surface area contributed by atoms with Gasteiger partial charge in [-0.3, -0.25) is 4.72 Å². The second-order valence-corrected chi connectivity index (χ2v) is 7.10. The van der Waals surface area contributed by atoms with Crippen LogP contribution in [-0.2, 0) is 10.0 Å². The van der Waals surface area contributed by atoms with Crippen molar-refractivity contribution in [3.8, 4) is 0 Å². The van der Waals surface area contributed by atoms with E-state index in [0.29, 0.717) is 10.2 Å². The van der Waals surface area contributed by atoms with E-state index < -0.39 is 15.8 Å². The van der Waals surface area contributed by atoms with Crippen LogP contribution in [0.5, 0.6) is 0 Å². The third kappa shape index (κ3) is 2.82. The van der Waals surface area contributed by atoms with Gasteiger partial charge in [-0.1, -0.05) is 0 Å². The molecule has 0 saturated carbocycles. The largest absolute Gasteiger partial charge is 0.398 e. The average molecular weight is 351 g/mol. The van der Waals surface area contributed by atoms with Gasteiger partial charge in [0.1, 0.15) is 10.0 Å². The number of benzene rings is 1. The highest BCUT2D eigenvalue weighted by atomic mass is 79.9. The van der Waals surface area contributed by atoms with Crippen molar-refractivity contribution in [3.05, 3.63) is 39.9 Å². The summed E-state index contributed by atoms with van der Waals surface area (Å²) in [5, 5.41) is 1.52. The number of nitrogens with one attached hydrogen (secondary N) is 1. The first kappa shape index (κ1) is 13.3. The van der Waals surface area contributed by atoms with Crippen molar-refractivity contribution in [3.63, 3.8) is 0 Å². The van der Waals surface area contributed by atoms with Gasteiger partial charge in [-0.15, -0.1) is 11.3 Å². The van der Waals surface area contributed by atoms with Gasteiger partial charge in [0.25, 0.3) is 10.0 Å². The predicted octanol–water partition coefficient (Wildman–Crippen LogP) is 3.03. The zero-order chi connectivity index (χ0) is 13.3. The van der Waals surface area contributed by atoms with Gasteiger partial charge in [0, 0.05) is 15.5 Å². The maximum absolute atomic E-state index is 13.1. The molecule has 0 aliphatic carbocycles. The Morgan fingerprint density at radius 3 is 2.67 bits per heavy atom. The minimum Gasteiger partial charge on any atom is -0.398 e. The lowest BCUT2D eigenvalue weighted by Crippen LogP contribution is -2.12. The third-order valence-corrected chi connectivity index (χ3v) is 5.55. The Bertz CT molecular complexity index is 685. The molecular formula is C10H8BrFN2O2S2. The van der Waals surface area contributed by atoms with Gasteiger partial charge in [0.15, 0.2) is 0 Å². The second-order valence-electron chi connectivity index (χ2n) is 3.43. The molecule has 0 unspecified atom stereocenters. The van der Waals surface area contributed by atoms with Crippen molar-refractivity contribution in [1.29, 1.82) is 0 Å². The Balaban J connectivity index is 2.36. The van der Waals surface area contributed by atoms with Crippen LogP contribution < -0.4 is 10.5 Å². The molecule has 0 amide bonds. The van der Waals surface area contributed by atoms with Crippen molar-refractivity contribution in [2.75, 3.05) is 10.5 Å². The fourth-order valence-electron chi connectivity index (χ4n) is 1.24. The molecule has 0 atom stereocenters. The lowest BCUT2D eigenvalue weighted by atomic mass is 10.3. The van der Waals surface area contributed by atoms with Gasteiger partial charge < -0.3 is 5.73 Å². The highest BCUT2D eigenvalue weighted by molar-refractivity contribution is 9.10. The standard InChI is InChI=1S/C10H8BrFN2O2S2/c11-8-2-1-6(12)3-9(8)14-18(15,16)10-4-7(13)5-17-10/h1-5,14H,13H2. The number of sulfonamides is 1. The van der Waals surface area contributed by atoms with Crippen LogP contribution in [0.4, 0.5) is 15.8 Å². The topological polar surface area (TPSA) is 72.2 Å². The molecule has 1 aromatic heterocycles. The maximum atomic E-state index is 13.1. The molecule has 1 heterocycles. The summed E-state index contributed by atoms with van der Waals surface area (Å²) in [6.07, 6.45) is 0. The van der Waals surface area contributed by atoms with Crippen molar-refractivity contribution in [2.24, 2.45) is 0 Å². The number of rotatable bonds is 3. The Labute approximate surface area is 116 Å². The summed E-state index contributed by atoms with van der Waals surface area (Å²) in [7, 11) is -3.74. The van der Waals surface area contributed by atoms with Crippen molar-refractivity contribution in [2.45, 2.75) is 4.21 Å². The van der Waals surface area contributed by atoms with Gasteiger partial charge in [-0.2, -0.15) is 0 Å². The molecule has 0 aliphatic rings. The van der Waals surface area contributed by atoms with Gasteiger partial charge in [-0.05, 0) is 40.2 Å². The fraction of sp³-hybridized carbons (Fsp3) is 0. The summed E-state index contributed by atoms with van der Waals surface area (Å²) in [5.41, 5.74) is 5.99. The molecule has 0 spiro atoms. The van der Waals surface area contributed by atoms with E-state index in [2.05, 4.69) is 20.7 Å². The number of nitrogens with two attached hydrogens (primary N) is 1. The molecular weight excluding hydrogens is 343 g/mol. The summed E-state index contributed by atoms with van der Waals surface area (Å²) in [5.74, 6) is -0.526. The van der Waals surface area contributed by atoms with E-state index in [-0.39, 0.29) is 9.90 Å². The number of hydrogen-bond acceptors (Lipinski definition) is 4. The minimum absolute atomic E-state index is 0.0798. The number of nitrogen functional groups attached to an aromatic ring is 1. The minimum atomic E-state index is -3.74. The maximum Gasteiger partial charge on any atom is 0.271 e. The molecule has 3 N–H and O–H groups in total. The van der Waals surface area contributed by atoms with E-state index in [1.54, 1.807) is 0 Å². The number of anilines is 2. The third-order valence-electron chi connectivity index (χ3n) is 2.03. The second kappa shape index (κ2) is 4.87. The van der Waals surface area contributed by atoms with Crippen LogP contribution in [0.15, 0.2) is 38.3 Å². The molecule has 0 bridgehead atoms. The normalized spacial score (nSPS) is 11.4. The van der Waals surface area contributed by atoms with Gasteiger partial charge in [0.2, 0.25) is 0 Å². The molecule has 18 heavy (non-hydrogen) atoms. The molecule has 0 radical (unpaired) electrons. The SMILES string of the molecule is Nc1csc(S(=O)(=O)Nc2cc(F)ccc2Br)c1. The number of halogens is 2. The quantitative estimate of drug-likeness (QED) is 0.893. The summed E-state index contributed by atoms with van der Waals surface area (Å²) in [6.45, 7) is 0. The fourth-order valence-corrected chi connectivity index (χ4v) is 3.87. The van der Waals surface area contributed by atoms with E-state index in [1.807, 2.05) is 0 Å². The van der Waals surface area contributed by atoms with Crippen LogP contribution in [-0.4, -0.2) is 8.42 Å². The highest BCUT2D eigenvalue weighted by Crippen LogP contribution is 2.28. The lowest BCUT2D eigenvalue weighted by Gasteiger charge is -2.08. The molecule has 4 nitrogen and oxygen atoms in total. The Hall–Kier alpha value is -1.12. The monoisotopic (exact) mass is 350 g/mol. The molecule has 96 valence electrons.